The SMILES string of the molecule is CCC(C)(C)NCCC(N)=NO. The predicted molar refractivity (Wildman–Crippen MR) is 50.4 cm³/mol. The Morgan fingerprint density at radius 2 is 2.17 bits per heavy atom. The van der Waals surface area contributed by atoms with Crippen LogP contribution in [-0.2, 0) is 0 Å². The lowest BCUT2D eigenvalue weighted by Crippen LogP contribution is -2.40. The lowest BCUT2D eigenvalue weighted by Gasteiger charge is -2.24. The molecule has 0 spiro atoms. The van der Waals surface area contributed by atoms with Crippen molar-refractivity contribution in [2.75, 3.05) is 6.54 Å². The molecule has 0 aromatic heterocycles. The molecule has 72 valence electrons. The van der Waals surface area contributed by atoms with Crippen molar-refractivity contribution >= 4 is 5.84 Å². The van der Waals surface area contributed by atoms with Crippen LogP contribution >= 0.6 is 0 Å². The summed E-state index contributed by atoms with van der Waals surface area (Å²) in [5.41, 5.74) is 5.44. The van der Waals surface area contributed by atoms with Gasteiger partial charge in [-0.05, 0) is 20.3 Å². The molecule has 0 heterocycles. The largest absolute Gasteiger partial charge is 0.409 e. The maximum absolute atomic E-state index is 8.26. The van der Waals surface area contributed by atoms with Gasteiger partial charge in [0.15, 0.2) is 0 Å². The Balaban J connectivity index is 3.56. The zero-order chi connectivity index (χ0) is 9.61. The first-order valence-electron chi connectivity index (χ1n) is 4.23. The normalized spacial score (nSPS) is 13.4. The Bertz CT molecular complexity index is 154. The highest BCUT2D eigenvalue weighted by Gasteiger charge is 2.12. The Kier molecular flexibility index (Phi) is 4.66. The van der Waals surface area contributed by atoms with Crippen molar-refractivity contribution < 1.29 is 5.21 Å². The van der Waals surface area contributed by atoms with Gasteiger partial charge in [0.1, 0.15) is 5.84 Å². The molecule has 4 N–H and O–H groups in total. The molecular formula is C8H19N3O. The zero-order valence-electron chi connectivity index (χ0n) is 8.09. The standard InChI is InChI=1S/C8H19N3O/c1-4-8(2,3)10-6-5-7(9)11-12/h10,12H,4-6H2,1-3H3,(H2,9,11). The quantitative estimate of drug-likeness (QED) is 0.250. The van der Waals surface area contributed by atoms with Crippen LogP contribution in [0.2, 0.25) is 0 Å². The second kappa shape index (κ2) is 4.98. The molecule has 0 aliphatic rings. The Labute approximate surface area is 73.8 Å². The highest BCUT2D eigenvalue weighted by atomic mass is 16.4. The molecule has 4 nitrogen and oxygen atoms in total. The maximum atomic E-state index is 8.26. The summed E-state index contributed by atoms with van der Waals surface area (Å²) in [4.78, 5) is 0. The van der Waals surface area contributed by atoms with Gasteiger partial charge in [0.25, 0.3) is 0 Å². The molecule has 0 aliphatic carbocycles. The molecule has 0 unspecified atom stereocenters. The molecule has 0 saturated carbocycles. The van der Waals surface area contributed by atoms with Crippen LogP contribution in [0.4, 0.5) is 0 Å². The number of rotatable bonds is 5. The van der Waals surface area contributed by atoms with Gasteiger partial charge in [0.2, 0.25) is 0 Å². The number of nitrogens with two attached hydrogens (primary N) is 1. The van der Waals surface area contributed by atoms with Crippen LogP contribution < -0.4 is 11.1 Å². The van der Waals surface area contributed by atoms with E-state index in [0.29, 0.717) is 6.42 Å². The molecule has 0 bridgehead atoms. The van der Waals surface area contributed by atoms with Crippen LogP contribution in [0.5, 0.6) is 0 Å². The van der Waals surface area contributed by atoms with Gasteiger partial charge in [-0.25, -0.2) is 0 Å². The van der Waals surface area contributed by atoms with E-state index in [1.807, 2.05) is 0 Å². The predicted octanol–water partition coefficient (Wildman–Crippen LogP) is 0.901. The number of hydrogen-bond donors (Lipinski definition) is 3. The molecular weight excluding hydrogens is 154 g/mol. The van der Waals surface area contributed by atoms with Gasteiger partial charge < -0.3 is 16.3 Å². The van der Waals surface area contributed by atoms with Gasteiger partial charge in [0.05, 0.1) is 0 Å². The minimum absolute atomic E-state index is 0.135. The van der Waals surface area contributed by atoms with E-state index >= 15 is 0 Å². The summed E-state index contributed by atoms with van der Waals surface area (Å²) in [5.74, 6) is 0.273. The van der Waals surface area contributed by atoms with Crippen molar-refractivity contribution in [3.05, 3.63) is 0 Å². The van der Waals surface area contributed by atoms with E-state index in [2.05, 4.69) is 31.2 Å². The molecule has 0 fully saturated rings. The first kappa shape index (κ1) is 11.2. The molecule has 12 heavy (non-hydrogen) atoms. The van der Waals surface area contributed by atoms with Gasteiger partial charge in [-0.15, -0.1) is 0 Å². The Morgan fingerprint density at radius 3 is 2.58 bits per heavy atom. The van der Waals surface area contributed by atoms with Crippen molar-refractivity contribution in [3.8, 4) is 0 Å². The maximum Gasteiger partial charge on any atom is 0.140 e. The molecule has 0 rings (SSSR count). The molecule has 0 aromatic rings. The minimum atomic E-state index is 0.135. The molecule has 0 aromatic carbocycles. The number of nitrogens with zero attached hydrogens (tertiary/aromatic N) is 1. The third-order valence-corrected chi connectivity index (χ3v) is 2.00. The van der Waals surface area contributed by atoms with E-state index in [-0.39, 0.29) is 11.4 Å². The van der Waals surface area contributed by atoms with Crippen LogP contribution in [0.3, 0.4) is 0 Å². The topological polar surface area (TPSA) is 70.6 Å². The van der Waals surface area contributed by atoms with Crippen molar-refractivity contribution in [3.63, 3.8) is 0 Å². The van der Waals surface area contributed by atoms with Crippen molar-refractivity contribution in [2.45, 2.75) is 39.2 Å². The highest BCUT2D eigenvalue weighted by molar-refractivity contribution is 5.79. The lowest BCUT2D eigenvalue weighted by molar-refractivity contribution is 0.315. The Morgan fingerprint density at radius 1 is 1.58 bits per heavy atom. The first-order chi connectivity index (χ1) is 5.52. The minimum Gasteiger partial charge on any atom is -0.409 e. The second-order valence-corrected chi connectivity index (χ2v) is 3.51. The third kappa shape index (κ3) is 4.96. The number of nitrogens with one attached hydrogen (secondary N) is 1. The number of hydrogen-bond acceptors (Lipinski definition) is 3. The highest BCUT2D eigenvalue weighted by Crippen LogP contribution is 2.05. The van der Waals surface area contributed by atoms with Gasteiger partial charge in [-0.2, -0.15) is 0 Å². The summed E-state index contributed by atoms with van der Waals surface area (Å²) in [6, 6.07) is 0. The molecule has 0 radical (unpaired) electrons. The summed E-state index contributed by atoms with van der Waals surface area (Å²) in [5, 5.41) is 14.4. The van der Waals surface area contributed by atoms with Crippen molar-refractivity contribution in [1.82, 2.24) is 5.32 Å². The number of amidine groups is 1. The summed E-state index contributed by atoms with van der Waals surface area (Å²) in [6.07, 6.45) is 1.64. The van der Waals surface area contributed by atoms with E-state index < -0.39 is 0 Å². The van der Waals surface area contributed by atoms with Gasteiger partial charge in [0, 0.05) is 18.5 Å². The summed E-state index contributed by atoms with van der Waals surface area (Å²) in [6.45, 7) is 7.12. The number of oxime groups is 1. The molecule has 0 saturated heterocycles. The Hall–Kier alpha value is -0.770. The van der Waals surface area contributed by atoms with Crippen LogP contribution in [0.1, 0.15) is 33.6 Å². The van der Waals surface area contributed by atoms with Gasteiger partial charge >= 0.3 is 0 Å². The smallest absolute Gasteiger partial charge is 0.140 e. The van der Waals surface area contributed by atoms with E-state index in [1.165, 1.54) is 0 Å². The fourth-order valence-corrected chi connectivity index (χ4v) is 0.704. The molecule has 4 heteroatoms. The summed E-state index contributed by atoms with van der Waals surface area (Å²) in [7, 11) is 0. The van der Waals surface area contributed by atoms with E-state index in [9.17, 15) is 0 Å². The molecule has 0 atom stereocenters. The first-order valence-corrected chi connectivity index (χ1v) is 4.23. The van der Waals surface area contributed by atoms with Crippen LogP contribution in [0.15, 0.2) is 5.16 Å². The average molecular weight is 173 g/mol. The van der Waals surface area contributed by atoms with Crippen LogP contribution in [0, 0.1) is 0 Å². The van der Waals surface area contributed by atoms with Gasteiger partial charge in [-0.3, -0.25) is 0 Å². The third-order valence-electron chi connectivity index (χ3n) is 2.00. The van der Waals surface area contributed by atoms with Crippen molar-refractivity contribution in [2.24, 2.45) is 10.9 Å². The van der Waals surface area contributed by atoms with Gasteiger partial charge in [-0.1, -0.05) is 12.1 Å². The van der Waals surface area contributed by atoms with E-state index in [0.717, 1.165) is 13.0 Å². The van der Waals surface area contributed by atoms with Crippen LogP contribution in [-0.4, -0.2) is 23.1 Å². The fourth-order valence-electron chi connectivity index (χ4n) is 0.704. The second-order valence-electron chi connectivity index (χ2n) is 3.51. The summed E-state index contributed by atoms with van der Waals surface area (Å²) >= 11 is 0. The zero-order valence-corrected chi connectivity index (χ0v) is 8.09. The van der Waals surface area contributed by atoms with Crippen molar-refractivity contribution in [1.29, 1.82) is 0 Å². The lowest BCUT2D eigenvalue weighted by atomic mass is 10.0. The summed E-state index contributed by atoms with van der Waals surface area (Å²) < 4.78 is 0. The van der Waals surface area contributed by atoms with Crippen LogP contribution in [0.25, 0.3) is 0 Å². The molecule has 0 amide bonds. The fraction of sp³-hybridized carbons (Fsp3) is 0.875. The molecule has 0 aliphatic heterocycles. The van der Waals surface area contributed by atoms with E-state index in [1.54, 1.807) is 0 Å². The monoisotopic (exact) mass is 173 g/mol. The van der Waals surface area contributed by atoms with E-state index in [4.69, 9.17) is 10.9 Å². The average Bonchev–Trinajstić information content (AvgIpc) is 2.04.